The highest BCUT2D eigenvalue weighted by Gasteiger charge is 2.35. The highest BCUT2D eigenvalue weighted by molar-refractivity contribution is 6.04. The lowest BCUT2D eigenvalue weighted by Gasteiger charge is -2.31. The van der Waals surface area contributed by atoms with E-state index in [4.69, 9.17) is 9.51 Å². The summed E-state index contributed by atoms with van der Waals surface area (Å²) in [4.78, 5) is 9.35. The van der Waals surface area contributed by atoms with E-state index in [1.165, 1.54) is 0 Å². The molecule has 35 heavy (non-hydrogen) atoms. The van der Waals surface area contributed by atoms with E-state index in [0.29, 0.717) is 53.8 Å². The third-order valence-corrected chi connectivity index (χ3v) is 7.26. The predicted molar refractivity (Wildman–Crippen MR) is 126 cm³/mol. The Labute approximate surface area is 200 Å². The Morgan fingerprint density at radius 1 is 1.11 bits per heavy atom. The molecule has 0 saturated heterocycles. The molecule has 0 unspecified atom stereocenters. The van der Waals surface area contributed by atoms with Gasteiger partial charge in [0.2, 0.25) is 0 Å². The van der Waals surface area contributed by atoms with Crippen LogP contribution in [0.2, 0.25) is 0 Å². The third kappa shape index (κ3) is 4.41. The maximum atomic E-state index is 14.4. The van der Waals surface area contributed by atoms with Crippen molar-refractivity contribution in [3.05, 3.63) is 41.2 Å². The number of rotatable bonds is 4. The second-order valence-corrected chi connectivity index (χ2v) is 10.0. The van der Waals surface area contributed by atoms with Gasteiger partial charge in [0.25, 0.3) is 0 Å². The number of pyridine rings is 1. The molecule has 1 aliphatic carbocycles. The smallest absolute Gasteiger partial charge is 0.361 e. The van der Waals surface area contributed by atoms with E-state index in [-0.39, 0.29) is 12.5 Å². The van der Waals surface area contributed by atoms with Gasteiger partial charge in [-0.2, -0.15) is 13.2 Å². The van der Waals surface area contributed by atoms with E-state index in [0.717, 1.165) is 27.8 Å². The fourth-order valence-corrected chi connectivity index (χ4v) is 5.38. The van der Waals surface area contributed by atoms with Crippen molar-refractivity contribution in [3.8, 4) is 11.1 Å². The molecule has 0 radical (unpaired) electrons. The molecule has 3 aromatic heterocycles. The lowest BCUT2D eigenvalue weighted by Crippen LogP contribution is -2.26. The molecule has 0 N–H and O–H groups in total. The van der Waals surface area contributed by atoms with E-state index in [1.807, 2.05) is 32.9 Å². The number of hydrogen-bond donors (Lipinski definition) is 0. The minimum atomic E-state index is -4.30. The molecular formula is C26H28F4N4O. The van der Waals surface area contributed by atoms with Crippen LogP contribution in [-0.4, -0.2) is 31.5 Å². The molecule has 5 rings (SSSR count). The molecule has 1 saturated carbocycles. The van der Waals surface area contributed by atoms with E-state index in [1.54, 1.807) is 17.7 Å². The molecule has 3 heterocycles. The van der Waals surface area contributed by atoms with Gasteiger partial charge in [-0.25, -0.2) is 9.37 Å². The van der Waals surface area contributed by atoms with Crippen LogP contribution in [0.4, 0.5) is 17.6 Å². The molecule has 0 spiro atoms. The summed E-state index contributed by atoms with van der Waals surface area (Å²) in [5.74, 6) is 1.21. The molecular weight excluding hydrogens is 460 g/mol. The highest BCUT2D eigenvalue weighted by Crippen LogP contribution is 2.42. The Bertz CT molecular complexity index is 1390. The van der Waals surface area contributed by atoms with Crippen LogP contribution >= 0.6 is 0 Å². The summed E-state index contributed by atoms with van der Waals surface area (Å²) in [6, 6.07) is 3.90. The second kappa shape index (κ2) is 8.31. The average Bonchev–Trinajstić information content (AvgIpc) is 3.31. The summed E-state index contributed by atoms with van der Waals surface area (Å²) in [6.07, 6.45) is -1.77. The molecule has 1 aliphatic rings. The number of nitrogens with zero attached hydrogens (tertiary/aromatic N) is 4. The minimum absolute atomic E-state index is 0.0859. The lowest BCUT2D eigenvalue weighted by atomic mass is 9.80. The molecule has 9 heteroatoms. The van der Waals surface area contributed by atoms with E-state index >= 15 is 0 Å². The Kier molecular flexibility index (Phi) is 5.64. The summed E-state index contributed by atoms with van der Waals surface area (Å²) in [7, 11) is 0. The minimum Gasteiger partial charge on any atom is -0.361 e. The first-order valence-corrected chi connectivity index (χ1v) is 11.9. The summed E-state index contributed by atoms with van der Waals surface area (Å²) in [6.45, 7) is 7.03. The molecule has 0 amide bonds. The molecule has 0 bridgehead atoms. The van der Waals surface area contributed by atoms with Crippen LogP contribution in [0.1, 0.15) is 67.8 Å². The zero-order valence-electron chi connectivity index (χ0n) is 20.3. The number of imidazole rings is 1. The van der Waals surface area contributed by atoms with Crippen molar-refractivity contribution >= 4 is 21.9 Å². The van der Waals surface area contributed by atoms with Crippen molar-refractivity contribution < 1.29 is 22.1 Å². The van der Waals surface area contributed by atoms with Crippen LogP contribution in [0.5, 0.6) is 0 Å². The zero-order valence-corrected chi connectivity index (χ0v) is 20.3. The van der Waals surface area contributed by atoms with Gasteiger partial charge in [-0.05, 0) is 76.6 Å². The van der Waals surface area contributed by atoms with Crippen LogP contribution in [0.3, 0.4) is 0 Å². The summed E-state index contributed by atoms with van der Waals surface area (Å²) >= 11 is 0. The first-order chi connectivity index (χ1) is 16.4. The summed E-state index contributed by atoms with van der Waals surface area (Å²) in [5.41, 5.74) is 4.17. The van der Waals surface area contributed by atoms with Gasteiger partial charge in [0, 0.05) is 23.4 Å². The van der Waals surface area contributed by atoms with Crippen LogP contribution in [0.25, 0.3) is 33.1 Å². The third-order valence-electron chi connectivity index (χ3n) is 7.26. The number of aryl methyl sites for hydroxylation is 4. The van der Waals surface area contributed by atoms with Crippen molar-refractivity contribution in [1.29, 1.82) is 0 Å². The number of benzene rings is 1. The van der Waals surface area contributed by atoms with Crippen LogP contribution in [-0.2, 0) is 6.54 Å². The Hall–Kier alpha value is -2.97. The first-order valence-electron chi connectivity index (χ1n) is 11.9. The largest absolute Gasteiger partial charge is 0.390 e. The summed E-state index contributed by atoms with van der Waals surface area (Å²) in [5, 5.41) is 4.80. The zero-order chi connectivity index (χ0) is 25.1. The molecule has 0 atom stereocenters. The normalized spacial score (nSPS) is 21.3. The molecule has 5 nitrogen and oxygen atoms in total. The number of halogens is 4. The van der Waals surface area contributed by atoms with Crippen molar-refractivity contribution in [2.45, 2.75) is 84.1 Å². The van der Waals surface area contributed by atoms with Gasteiger partial charge in [-0.3, -0.25) is 4.98 Å². The maximum absolute atomic E-state index is 14.4. The van der Waals surface area contributed by atoms with E-state index in [2.05, 4.69) is 10.1 Å². The van der Waals surface area contributed by atoms with Gasteiger partial charge in [-0.15, -0.1) is 0 Å². The standard InChI is InChI=1S/C26H28F4N4O/c1-14-11-19-20(12-18(14)22-15(2)33-35-16(22)3)31-13-21-23(19)34(10-9-26(28,29)30)24(32-21)17-5-7-25(4,27)8-6-17/h11-13,17H,5-10H2,1-4H3. The molecule has 4 aromatic rings. The average molecular weight is 489 g/mol. The molecule has 186 valence electrons. The van der Waals surface area contributed by atoms with Gasteiger partial charge in [0.05, 0.1) is 29.3 Å². The van der Waals surface area contributed by atoms with E-state index < -0.39 is 18.3 Å². The number of alkyl halides is 4. The predicted octanol–water partition coefficient (Wildman–Crippen LogP) is 7.50. The fourth-order valence-electron chi connectivity index (χ4n) is 5.38. The quantitative estimate of drug-likeness (QED) is 0.279. The van der Waals surface area contributed by atoms with Crippen molar-refractivity contribution in [2.24, 2.45) is 0 Å². The molecule has 0 aliphatic heterocycles. The van der Waals surface area contributed by atoms with Crippen LogP contribution < -0.4 is 0 Å². The van der Waals surface area contributed by atoms with Gasteiger partial charge >= 0.3 is 6.18 Å². The van der Waals surface area contributed by atoms with Crippen molar-refractivity contribution in [2.75, 3.05) is 0 Å². The van der Waals surface area contributed by atoms with Gasteiger partial charge in [0.15, 0.2) is 0 Å². The highest BCUT2D eigenvalue weighted by atomic mass is 19.4. The van der Waals surface area contributed by atoms with Gasteiger partial charge < -0.3 is 9.09 Å². The van der Waals surface area contributed by atoms with Crippen LogP contribution in [0, 0.1) is 20.8 Å². The molecule has 1 aromatic carbocycles. The second-order valence-electron chi connectivity index (χ2n) is 10.0. The van der Waals surface area contributed by atoms with Crippen molar-refractivity contribution in [3.63, 3.8) is 0 Å². The number of aromatic nitrogens is 4. The van der Waals surface area contributed by atoms with E-state index in [9.17, 15) is 17.6 Å². The van der Waals surface area contributed by atoms with Crippen molar-refractivity contribution in [1.82, 2.24) is 19.7 Å². The van der Waals surface area contributed by atoms with Gasteiger partial charge in [-0.1, -0.05) is 5.16 Å². The number of hydrogen-bond acceptors (Lipinski definition) is 4. The summed E-state index contributed by atoms with van der Waals surface area (Å²) < 4.78 is 61.3. The Morgan fingerprint density at radius 2 is 1.83 bits per heavy atom. The monoisotopic (exact) mass is 488 g/mol. The van der Waals surface area contributed by atoms with Gasteiger partial charge in [0.1, 0.15) is 22.8 Å². The first kappa shape index (κ1) is 23.8. The molecule has 1 fully saturated rings. The topological polar surface area (TPSA) is 56.7 Å². The Balaban J connectivity index is 1.69. The SMILES string of the molecule is Cc1cc2c(cc1-c1c(C)noc1C)ncc1nc(C3CCC(C)(F)CC3)n(CCC(F)(F)F)c12. The Morgan fingerprint density at radius 3 is 2.46 bits per heavy atom. The fraction of sp³-hybridized carbons (Fsp3) is 0.500. The lowest BCUT2D eigenvalue weighted by molar-refractivity contribution is -0.136. The number of fused-ring (bicyclic) bond motifs is 3. The maximum Gasteiger partial charge on any atom is 0.390 e. The van der Waals surface area contributed by atoms with Crippen LogP contribution in [0.15, 0.2) is 22.9 Å².